The zero-order valence-corrected chi connectivity index (χ0v) is 11.1. The minimum Gasteiger partial charge on any atom is -0.302 e. The highest BCUT2D eigenvalue weighted by Gasteiger charge is 2.19. The molecule has 0 bridgehead atoms. The van der Waals surface area contributed by atoms with Crippen LogP contribution in [0.4, 0.5) is 0 Å². The topological polar surface area (TPSA) is 81.9 Å². The maximum Gasteiger partial charge on any atom is 0.328 e. The lowest BCUT2D eigenvalue weighted by molar-refractivity contribution is 0.235. The van der Waals surface area contributed by atoms with E-state index in [1.54, 1.807) is 6.07 Å². The molecular weight excluding hydrogens is 244 g/mol. The van der Waals surface area contributed by atoms with Gasteiger partial charge in [-0.1, -0.05) is 12.8 Å². The zero-order valence-electron chi connectivity index (χ0n) is 11.1. The van der Waals surface area contributed by atoms with Gasteiger partial charge in [0.2, 0.25) is 0 Å². The molecule has 0 unspecified atom stereocenters. The lowest BCUT2D eigenvalue weighted by Crippen LogP contribution is -2.37. The van der Waals surface area contributed by atoms with Crippen molar-refractivity contribution in [2.75, 3.05) is 13.6 Å². The van der Waals surface area contributed by atoms with Gasteiger partial charge in [-0.2, -0.15) is 5.26 Å². The Morgan fingerprint density at radius 3 is 2.79 bits per heavy atom. The van der Waals surface area contributed by atoms with Gasteiger partial charge in [0.05, 0.1) is 0 Å². The molecule has 0 atom stereocenters. The smallest absolute Gasteiger partial charge is 0.302 e. The van der Waals surface area contributed by atoms with Crippen molar-refractivity contribution in [3.63, 3.8) is 0 Å². The second-order valence-corrected chi connectivity index (χ2v) is 5.03. The molecule has 102 valence electrons. The van der Waals surface area contributed by atoms with Gasteiger partial charge in [-0.15, -0.1) is 0 Å². The molecule has 0 aliphatic heterocycles. The van der Waals surface area contributed by atoms with Gasteiger partial charge in [-0.25, -0.2) is 4.79 Å². The summed E-state index contributed by atoms with van der Waals surface area (Å²) in [6.45, 7) is 1.22. The first-order valence-corrected chi connectivity index (χ1v) is 6.56. The first kappa shape index (κ1) is 13.6. The molecule has 0 aromatic carbocycles. The average Bonchev–Trinajstić information content (AvgIpc) is 2.91. The number of rotatable bonds is 4. The summed E-state index contributed by atoms with van der Waals surface area (Å²) in [4.78, 5) is 27.3. The van der Waals surface area contributed by atoms with Crippen molar-refractivity contribution < 1.29 is 0 Å². The molecule has 6 heteroatoms. The summed E-state index contributed by atoms with van der Waals surface area (Å²) in [5, 5.41) is 8.79. The van der Waals surface area contributed by atoms with Gasteiger partial charge in [0.1, 0.15) is 11.6 Å². The van der Waals surface area contributed by atoms with Crippen molar-refractivity contribution in [3.05, 3.63) is 32.6 Å². The van der Waals surface area contributed by atoms with E-state index in [9.17, 15) is 9.59 Å². The van der Waals surface area contributed by atoms with E-state index in [1.807, 2.05) is 0 Å². The van der Waals surface area contributed by atoms with Crippen LogP contribution in [0.3, 0.4) is 0 Å². The van der Waals surface area contributed by atoms with Crippen LogP contribution in [0, 0.1) is 11.3 Å². The SMILES string of the molecule is CN(CCn1cc(C#N)c(=O)[nH]c1=O)C1CCCC1. The Labute approximate surface area is 111 Å². The third-order valence-electron chi connectivity index (χ3n) is 3.77. The van der Waals surface area contributed by atoms with E-state index in [4.69, 9.17) is 5.26 Å². The number of nitrogens with zero attached hydrogens (tertiary/aromatic N) is 3. The van der Waals surface area contributed by atoms with Crippen molar-refractivity contribution in [1.82, 2.24) is 14.5 Å². The fourth-order valence-electron chi connectivity index (χ4n) is 2.55. The van der Waals surface area contributed by atoms with E-state index in [0.717, 1.165) is 6.54 Å². The molecule has 1 saturated carbocycles. The summed E-state index contributed by atoms with van der Waals surface area (Å²) in [6, 6.07) is 2.38. The van der Waals surface area contributed by atoms with E-state index < -0.39 is 11.2 Å². The van der Waals surface area contributed by atoms with Crippen LogP contribution in [0.1, 0.15) is 31.2 Å². The molecule has 1 aromatic rings. The molecule has 0 spiro atoms. The Balaban J connectivity index is 2.05. The van der Waals surface area contributed by atoms with Crippen molar-refractivity contribution in [2.45, 2.75) is 38.3 Å². The number of aromatic nitrogens is 2. The maximum absolute atomic E-state index is 11.6. The number of nitriles is 1. The van der Waals surface area contributed by atoms with Crippen molar-refractivity contribution in [3.8, 4) is 6.07 Å². The molecule has 0 amide bonds. The standard InChI is InChI=1S/C13H18N4O2/c1-16(11-4-2-3-5-11)6-7-17-9-10(8-14)12(18)15-13(17)19/h9,11H,2-7H2,1H3,(H,15,18,19). The minimum atomic E-state index is -0.618. The van der Waals surface area contributed by atoms with E-state index in [2.05, 4.69) is 16.9 Å². The van der Waals surface area contributed by atoms with Crippen LogP contribution in [-0.4, -0.2) is 34.1 Å². The fraction of sp³-hybridized carbons (Fsp3) is 0.615. The molecule has 1 aromatic heterocycles. The summed E-state index contributed by atoms with van der Waals surface area (Å²) in [7, 11) is 2.05. The monoisotopic (exact) mass is 262 g/mol. The predicted octanol–water partition coefficient (Wildman–Crippen LogP) is 0.283. The van der Waals surface area contributed by atoms with Gasteiger partial charge in [-0.3, -0.25) is 14.3 Å². The summed E-state index contributed by atoms with van der Waals surface area (Å²) >= 11 is 0. The highest BCUT2D eigenvalue weighted by molar-refractivity contribution is 5.21. The van der Waals surface area contributed by atoms with Gasteiger partial charge >= 0.3 is 5.69 Å². The Morgan fingerprint density at radius 2 is 2.16 bits per heavy atom. The lowest BCUT2D eigenvalue weighted by Gasteiger charge is -2.24. The Bertz CT molecular complexity index is 590. The third kappa shape index (κ3) is 3.12. The molecule has 1 aliphatic carbocycles. The lowest BCUT2D eigenvalue weighted by atomic mass is 10.2. The Morgan fingerprint density at radius 1 is 1.47 bits per heavy atom. The first-order chi connectivity index (χ1) is 9.11. The number of aromatic amines is 1. The highest BCUT2D eigenvalue weighted by atomic mass is 16.2. The van der Waals surface area contributed by atoms with Gasteiger partial charge < -0.3 is 4.90 Å². The van der Waals surface area contributed by atoms with Crippen LogP contribution in [0.25, 0.3) is 0 Å². The number of hydrogen-bond donors (Lipinski definition) is 1. The number of likely N-dealkylation sites (N-methyl/N-ethyl adjacent to an activating group) is 1. The van der Waals surface area contributed by atoms with E-state index in [-0.39, 0.29) is 5.56 Å². The molecule has 0 radical (unpaired) electrons. The van der Waals surface area contributed by atoms with E-state index in [0.29, 0.717) is 12.6 Å². The molecule has 2 rings (SSSR count). The zero-order chi connectivity index (χ0) is 13.8. The predicted molar refractivity (Wildman–Crippen MR) is 70.9 cm³/mol. The quantitative estimate of drug-likeness (QED) is 0.845. The molecule has 1 fully saturated rings. The van der Waals surface area contributed by atoms with Crippen LogP contribution in [0.5, 0.6) is 0 Å². The minimum absolute atomic E-state index is 0.0249. The second-order valence-electron chi connectivity index (χ2n) is 5.03. The van der Waals surface area contributed by atoms with Gasteiger partial charge in [0.15, 0.2) is 0 Å². The summed E-state index contributed by atoms with van der Waals surface area (Å²) in [5.41, 5.74) is -1.10. The van der Waals surface area contributed by atoms with Crippen LogP contribution in [0.15, 0.2) is 15.8 Å². The van der Waals surface area contributed by atoms with Crippen LogP contribution in [-0.2, 0) is 6.54 Å². The van der Waals surface area contributed by atoms with Crippen molar-refractivity contribution in [2.24, 2.45) is 0 Å². The summed E-state index contributed by atoms with van der Waals surface area (Å²) in [5.74, 6) is 0. The molecule has 1 aliphatic rings. The number of hydrogen-bond acceptors (Lipinski definition) is 4. The third-order valence-corrected chi connectivity index (χ3v) is 3.77. The molecule has 1 N–H and O–H groups in total. The van der Waals surface area contributed by atoms with Crippen LogP contribution in [0.2, 0.25) is 0 Å². The maximum atomic E-state index is 11.6. The van der Waals surface area contributed by atoms with Gasteiger partial charge in [-0.05, 0) is 19.9 Å². The molecular formula is C13H18N4O2. The van der Waals surface area contributed by atoms with E-state index >= 15 is 0 Å². The molecule has 6 nitrogen and oxygen atoms in total. The Hall–Kier alpha value is -1.87. The van der Waals surface area contributed by atoms with E-state index in [1.165, 1.54) is 36.4 Å². The average molecular weight is 262 g/mol. The first-order valence-electron chi connectivity index (χ1n) is 6.56. The van der Waals surface area contributed by atoms with Crippen molar-refractivity contribution in [1.29, 1.82) is 5.26 Å². The largest absolute Gasteiger partial charge is 0.328 e. The number of H-pyrrole nitrogens is 1. The normalized spacial score (nSPS) is 15.8. The summed E-state index contributed by atoms with van der Waals surface area (Å²) in [6.07, 6.45) is 6.29. The number of nitrogens with one attached hydrogen (secondary N) is 1. The van der Waals surface area contributed by atoms with Gasteiger partial charge in [0.25, 0.3) is 5.56 Å². The van der Waals surface area contributed by atoms with Crippen LogP contribution < -0.4 is 11.2 Å². The Kier molecular flexibility index (Phi) is 4.17. The summed E-state index contributed by atoms with van der Waals surface area (Å²) < 4.78 is 1.39. The van der Waals surface area contributed by atoms with Gasteiger partial charge in [0, 0.05) is 25.3 Å². The highest BCUT2D eigenvalue weighted by Crippen LogP contribution is 2.21. The van der Waals surface area contributed by atoms with Crippen molar-refractivity contribution >= 4 is 0 Å². The van der Waals surface area contributed by atoms with Crippen LogP contribution >= 0.6 is 0 Å². The second kappa shape index (κ2) is 5.85. The molecule has 19 heavy (non-hydrogen) atoms. The molecule has 1 heterocycles. The fourth-order valence-corrected chi connectivity index (χ4v) is 2.55. The molecule has 0 saturated heterocycles.